The maximum atomic E-state index is 10.0. The third-order valence-corrected chi connectivity index (χ3v) is 4.61. The molecule has 2 aromatic rings. The molecule has 4 heteroatoms. The van der Waals surface area contributed by atoms with Crippen LogP contribution in [-0.2, 0) is 6.54 Å². The summed E-state index contributed by atoms with van der Waals surface area (Å²) >= 11 is 0. The summed E-state index contributed by atoms with van der Waals surface area (Å²) in [6, 6.07) is 13.7. The van der Waals surface area contributed by atoms with Gasteiger partial charge in [-0.2, -0.15) is 0 Å². The van der Waals surface area contributed by atoms with Crippen LogP contribution < -0.4 is 0 Å². The fourth-order valence-electron chi connectivity index (χ4n) is 3.31. The van der Waals surface area contributed by atoms with Crippen LogP contribution in [0.25, 0.3) is 10.8 Å². The number of aliphatic hydroxyl groups excluding tert-OH is 3. The van der Waals surface area contributed by atoms with Crippen LogP contribution in [0, 0.1) is 0 Å². The Morgan fingerprint density at radius 3 is 2.48 bits per heavy atom. The number of nitrogens with zero attached hydrogens (tertiary/aromatic N) is 1. The Bertz CT molecular complexity index is 625. The lowest BCUT2D eigenvalue weighted by atomic mass is 10.0. The number of hydrogen-bond donors (Lipinski definition) is 3. The van der Waals surface area contributed by atoms with E-state index in [9.17, 15) is 15.3 Å². The summed E-state index contributed by atoms with van der Waals surface area (Å²) in [6.07, 6.45) is -1.72. The molecule has 3 rings (SSSR count). The molecule has 4 nitrogen and oxygen atoms in total. The standard InChI is InChI=1S/C17H21NO3/c1-11-16(20)17(21)15(10-19)18(11)9-13-7-4-6-12-5-2-3-8-14(12)13/h2-8,11,15-17,19-21H,9-10H2,1H3/t11-,15+,16-,17+/m0/s1. The SMILES string of the molecule is C[C@H]1[C@H](O)[C@H](O)[C@@H](CO)N1Cc1cccc2ccccc12. The van der Waals surface area contributed by atoms with Crippen LogP contribution in [0.15, 0.2) is 42.5 Å². The van der Waals surface area contributed by atoms with Gasteiger partial charge in [0.2, 0.25) is 0 Å². The number of likely N-dealkylation sites (tertiary alicyclic amines) is 1. The maximum Gasteiger partial charge on any atom is 0.0991 e. The lowest BCUT2D eigenvalue weighted by molar-refractivity contribution is 0.0186. The summed E-state index contributed by atoms with van der Waals surface area (Å²) in [5.41, 5.74) is 1.14. The average Bonchev–Trinajstić information content (AvgIpc) is 2.72. The highest BCUT2D eigenvalue weighted by atomic mass is 16.3. The molecule has 0 radical (unpaired) electrons. The van der Waals surface area contributed by atoms with Crippen LogP contribution in [0.1, 0.15) is 12.5 Å². The topological polar surface area (TPSA) is 63.9 Å². The largest absolute Gasteiger partial charge is 0.395 e. The first kappa shape index (κ1) is 14.5. The van der Waals surface area contributed by atoms with E-state index in [0.717, 1.165) is 5.56 Å². The average molecular weight is 287 g/mol. The van der Waals surface area contributed by atoms with E-state index < -0.39 is 18.2 Å². The second-order valence-corrected chi connectivity index (χ2v) is 5.78. The molecule has 0 unspecified atom stereocenters. The van der Waals surface area contributed by atoms with Crippen molar-refractivity contribution in [1.29, 1.82) is 0 Å². The van der Waals surface area contributed by atoms with Gasteiger partial charge in [-0.1, -0.05) is 42.5 Å². The predicted molar refractivity (Wildman–Crippen MR) is 81.8 cm³/mol. The Hall–Kier alpha value is -1.46. The van der Waals surface area contributed by atoms with E-state index in [1.54, 1.807) is 0 Å². The van der Waals surface area contributed by atoms with E-state index >= 15 is 0 Å². The van der Waals surface area contributed by atoms with Crippen molar-refractivity contribution in [2.24, 2.45) is 0 Å². The van der Waals surface area contributed by atoms with Gasteiger partial charge in [0.05, 0.1) is 24.9 Å². The molecule has 1 fully saturated rings. The molecule has 1 heterocycles. The van der Waals surface area contributed by atoms with Crippen LogP contribution >= 0.6 is 0 Å². The van der Waals surface area contributed by atoms with Crippen molar-refractivity contribution in [1.82, 2.24) is 4.90 Å². The molecule has 0 aromatic heterocycles. The van der Waals surface area contributed by atoms with Crippen LogP contribution in [-0.4, -0.2) is 51.1 Å². The van der Waals surface area contributed by atoms with Gasteiger partial charge in [0, 0.05) is 12.6 Å². The molecular weight excluding hydrogens is 266 g/mol. The highest BCUT2D eigenvalue weighted by Gasteiger charge is 2.44. The second kappa shape index (κ2) is 5.73. The number of rotatable bonds is 3. The Balaban J connectivity index is 1.94. The van der Waals surface area contributed by atoms with Crippen molar-refractivity contribution in [3.8, 4) is 0 Å². The maximum absolute atomic E-state index is 10.0. The minimum atomic E-state index is -0.903. The monoisotopic (exact) mass is 287 g/mol. The van der Waals surface area contributed by atoms with Crippen molar-refractivity contribution >= 4 is 10.8 Å². The molecule has 4 atom stereocenters. The molecule has 112 valence electrons. The van der Waals surface area contributed by atoms with Gasteiger partial charge in [0.1, 0.15) is 0 Å². The summed E-state index contributed by atoms with van der Waals surface area (Å²) in [6.45, 7) is 2.32. The van der Waals surface area contributed by atoms with Gasteiger partial charge < -0.3 is 15.3 Å². The van der Waals surface area contributed by atoms with Crippen molar-refractivity contribution in [3.63, 3.8) is 0 Å². The Kier molecular flexibility index (Phi) is 3.95. The first-order chi connectivity index (χ1) is 10.1. The third kappa shape index (κ3) is 2.45. The Morgan fingerprint density at radius 2 is 1.71 bits per heavy atom. The lowest BCUT2D eigenvalue weighted by Crippen LogP contribution is -2.40. The lowest BCUT2D eigenvalue weighted by Gasteiger charge is -2.28. The summed E-state index contributed by atoms with van der Waals surface area (Å²) in [4.78, 5) is 1.98. The van der Waals surface area contributed by atoms with E-state index in [0.29, 0.717) is 6.54 Å². The smallest absolute Gasteiger partial charge is 0.0991 e. The summed E-state index contributed by atoms with van der Waals surface area (Å²) < 4.78 is 0. The van der Waals surface area contributed by atoms with E-state index in [1.807, 2.05) is 30.0 Å². The number of benzene rings is 2. The third-order valence-electron chi connectivity index (χ3n) is 4.61. The van der Waals surface area contributed by atoms with Crippen LogP contribution in [0.3, 0.4) is 0 Å². The highest BCUT2D eigenvalue weighted by molar-refractivity contribution is 5.85. The highest BCUT2D eigenvalue weighted by Crippen LogP contribution is 2.29. The van der Waals surface area contributed by atoms with Gasteiger partial charge in [-0.15, -0.1) is 0 Å². The summed E-state index contributed by atoms with van der Waals surface area (Å²) in [5.74, 6) is 0. The number of hydrogen-bond acceptors (Lipinski definition) is 4. The van der Waals surface area contributed by atoms with Gasteiger partial charge in [-0.05, 0) is 23.3 Å². The first-order valence-corrected chi connectivity index (χ1v) is 7.33. The van der Waals surface area contributed by atoms with E-state index in [-0.39, 0.29) is 12.6 Å². The quantitative estimate of drug-likeness (QED) is 0.792. The Morgan fingerprint density at radius 1 is 1.00 bits per heavy atom. The molecule has 0 bridgehead atoms. The van der Waals surface area contributed by atoms with Crippen LogP contribution in [0.5, 0.6) is 0 Å². The normalized spacial score (nSPS) is 30.1. The summed E-state index contributed by atoms with van der Waals surface area (Å²) in [5, 5.41) is 31.9. The van der Waals surface area contributed by atoms with Crippen LogP contribution in [0.2, 0.25) is 0 Å². The Labute approximate surface area is 124 Å². The minimum Gasteiger partial charge on any atom is -0.395 e. The van der Waals surface area contributed by atoms with E-state index in [1.165, 1.54) is 10.8 Å². The van der Waals surface area contributed by atoms with Crippen molar-refractivity contribution in [3.05, 3.63) is 48.0 Å². The predicted octanol–water partition coefficient (Wildman–Crippen LogP) is 1.13. The minimum absolute atomic E-state index is 0.159. The van der Waals surface area contributed by atoms with Crippen molar-refractivity contribution in [2.75, 3.05) is 6.61 Å². The molecule has 0 amide bonds. The summed E-state index contributed by atoms with van der Waals surface area (Å²) in [7, 11) is 0. The zero-order valence-electron chi connectivity index (χ0n) is 12.1. The zero-order valence-corrected chi connectivity index (χ0v) is 12.1. The molecule has 1 saturated heterocycles. The van der Waals surface area contributed by atoms with E-state index in [2.05, 4.69) is 24.3 Å². The van der Waals surface area contributed by atoms with Gasteiger partial charge >= 0.3 is 0 Å². The van der Waals surface area contributed by atoms with Gasteiger partial charge in [0.25, 0.3) is 0 Å². The molecule has 0 spiro atoms. The number of aliphatic hydroxyl groups is 3. The van der Waals surface area contributed by atoms with Crippen molar-refractivity contribution in [2.45, 2.75) is 37.8 Å². The first-order valence-electron chi connectivity index (χ1n) is 7.33. The van der Waals surface area contributed by atoms with E-state index in [4.69, 9.17) is 0 Å². The van der Waals surface area contributed by atoms with Gasteiger partial charge in [0.15, 0.2) is 0 Å². The second-order valence-electron chi connectivity index (χ2n) is 5.78. The molecule has 1 aliphatic rings. The van der Waals surface area contributed by atoms with Gasteiger partial charge in [-0.25, -0.2) is 0 Å². The molecule has 2 aromatic carbocycles. The van der Waals surface area contributed by atoms with Gasteiger partial charge in [-0.3, -0.25) is 4.90 Å². The fraction of sp³-hybridized carbons (Fsp3) is 0.412. The number of fused-ring (bicyclic) bond motifs is 1. The molecule has 21 heavy (non-hydrogen) atoms. The molecule has 3 N–H and O–H groups in total. The van der Waals surface area contributed by atoms with Crippen molar-refractivity contribution < 1.29 is 15.3 Å². The molecule has 0 saturated carbocycles. The zero-order chi connectivity index (χ0) is 15.0. The fourth-order valence-corrected chi connectivity index (χ4v) is 3.31. The van der Waals surface area contributed by atoms with Crippen LogP contribution in [0.4, 0.5) is 0 Å². The molecule has 0 aliphatic carbocycles. The molecule has 1 aliphatic heterocycles. The molecular formula is C17H21NO3.